The number of halogens is 1. The van der Waals surface area contributed by atoms with E-state index in [1.807, 2.05) is 24.3 Å². The molecule has 0 spiro atoms. The Labute approximate surface area is 159 Å². The number of amides is 1. The molecule has 0 bridgehead atoms. The molecule has 7 nitrogen and oxygen atoms in total. The molecule has 2 rings (SSSR count). The van der Waals surface area contributed by atoms with Crippen molar-refractivity contribution in [2.75, 3.05) is 54.0 Å². The number of methoxy groups -OCH3 is 1. The van der Waals surface area contributed by atoms with Crippen LogP contribution in [0, 0.1) is 0 Å². The standard InChI is InChI=1S/C18H27ClN4O3/c1-22(2)17(24)12-21-18(20-9-11-25-3)23-10-8-14(13-23)26-16-7-5-4-6-15(16)19/h4-7,14H,8-13H2,1-3H3,(H,20,21). The summed E-state index contributed by atoms with van der Waals surface area (Å²) in [5.74, 6) is 1.34. The highest BCUT2D eigenvalue weighted by molar-refractivity contribution is 6.32. The molecule has 1 amide bonds. The Morgan fingerprint density at radius 3 is 2.88 bits per heavy atom. The third kappa shape index (κ3) is 6.07. The third-order valence-electron chi connectivity index (χ3n) is 4.03. The summed E-state index contributed by atoms with van der Waals surface area (Å²) in [6.45, 7) is 2.77. The maximum atomic E-state index is 11.8. The molecule has 1 heterocycles. The molecule has 1 aliphatic heterocycles. The van der Waals surface area contributed by atoms with Crippen molar-refractivity contribution in [3.05, 3.63) is 29.3 Å². The maximum Gasteiger partial charge on any atom is 0.243 e. The van der Waals surface area contributed by atoms with Gasteiger partial charge in [-0.25, -0.2) is 4.99 Å². The normalized spacial score (nSPS) is 17.3. The van der Waals surface area contributed by atoms with Crippen molar-refractivity contribution >= 4 is 23.5 Å². The lowest BCUT2D eigenvalue weighted by atomic mass is 10.3. The van der Waals surface area contributed by atoms with E-state index in [0.29, 0.717) is 36.4 Å². The number of carbonyl (C=O) groups excluding carboxylic acids is 1. The zero-order valence-corrected chi connectivity index (χ0v) is 16.3. The number of nitrogens with one attached hydrogen (secondary N) is 1. The number of hydrogen-bond donors (Lipinski definition) is 1. The molecule has 26 heavy (non-hydrogen) atoms. The third-order valence-corrected chi connectivity index (χ3v) is 4.34. The van der Waals surface area contributed by atoms with E-state index in [0.717, 1.165) is 13.0 Å². The molecule has 1 aromatic rings. The van der Waals surface area contributed by atoms with Crippen LogP contribution in [-0.2, 0) is 9.53 Å². The molecular weight excluding hydrogens is 356 g/mol. The van der Waals surface area contributed by atoms with Gasteiger partial charge in [-0.15, -0.1) is 0 Å². The van der Waals surface area contributed by atoms with Gasteiger partial charge in [-0.1, -0.05) is 23.7 Å². The number of likely N-dealkylation sites (N-methyl/N-ethyl adjacent to an activating group) is 1. The van der Waals surface area contributed by atoms with Crippen LogP contribution in [0.4, 0.5) is 0 Å². The Bertz CT molecular complexity index is 624. The number of rotatable bonds is 7. The zero-order chi connectivity index (χ0) is 18.9. The minimum Gasteiger partial charge on any atom is -0.487 e. The summed E-state index contributed by atoms with van der Waals surface area (Å²) in [6.07, 6.45) is 0.881. The lowest BCUT2D eigenvalue weighted by Gasteiger charge is -2.22. The van der Waals surface area contributed by atoms with Crippen LogP contribution >= 0.6 is 11.6 Å². The Kier molecular flexibility index (Phi) is 8.00. The Balaban J connectivity index is 1.98. The van der Waals surface area contributed by atoms with Gasteiger partial charge in [0.2, 0.25) is 5.91 Å². The average molecular weight is 383 g/mol. The molecule has 1 fully saturated rings. The number of benzene rings is 1. The van der Waals surface area contributed by atoms with E-state index >= 15 is 0 Å². The first-order valence-electron chi connectivity index (χ1n) is 8.64. The van der Waals surface area contributed by atoms with Gasteiger partial charge in [-0.2, -0.15) is 0 Å². The van der Waals surface area contributed by atoms with E-state index in [2.05, 4.69) is 15.2 Å². The number of carbonyl (C=O) groups is 1. The Morgan fingerprint density at radius 1 is 1.42 bits per heavy atom. The van der Waals surface area contributed by atoms with Crippen LogP contribution in [0.3, 0.4) is 0 Å². The molecule has 1 unspecified atom stereocenters. The maximum absolute atomic E-state index is 11.8. The van der Waals surface area contributed by atoms with Gasteiger partial charge in [0, 0.05) is 40.7 Å². The van der Waals surface area contributed by atoms with Crippen LogP contribution in [0.2, 0.25) is 5.02 Å². The van der Waals surface area contributed by atoms with Gasteiger partial charge in [0.05, 0.1) is 18.2 Å². The first-order chi connectivity index (χ1) is 12.5. The van der Waals surface area contributed by atoms with Crippen LogP contribution in [0.1, 0.15) is 6.42 Å². The highest BCUT2D eigenvalue weighted by atomic mass is 35.5. The molecule has 1 aromatic carbocycles. The van der Waals surface area contributed by atoms with E-state index in [9.17, 15) is 4.79 Å². The van der Waals surface area contributed by atoms with Gasteiger partial charge >= 0.3 is 0 Å². The molecular formula is C18H27ClN4O3. The highest BCUT2D eigenvalue weighted by Crippen LogP contribution is 2.26. The van der Waals surface area contributed by atoms with E-state index in [1.54, 1.807) is 21.2 Å². The summed E-state index contributed by atoms with van der Waals surface area (Å²) in [6, 6.07) is 7.46. The number of ether oxygens (including phenoxy) is 2. The number of aliphatic imine (C=N–C) groups is 1. The second-order valence-electron chi connectivity index (χ2n) is 6.25. The largest absolute Gasteiger partial charge is 0.487 e. The number of guanidine groups is 1. The Hall–Kier alpha value is -1.99. The van der Waals surface area contributed by atoms with Gasteiger partial charge < -0.3 is 24.6 Å². The first kappa shape index (κ1) is 20.3. The van der Waals surface area contributed by atoms with Crippen molar-refractivity contribution < 1.29 is 14.3 Å². The van der Waals surface area contributed by atoms with Gasteiger partial charge in [0.15, 0.2) is 5.96 Å². The summed E-state index contributed by atoms with van der Waals surface area (Å²) in [4.78, 5) is 19.9. The quantitative estimate of drug-likeness (QED) is 0.439. The van der Waals surface area contributed by atoms with Crippen LogP contribution in [0.15, 0.2) is 29.3 Å². The summed E-state index contributed by atoms with van der Waals surface area (Å²) in [5.41, 5.74) is 0. The lowest BCUT2D eigenvalue weighted by Crippen LogP contribution is -2.43. The highest BCUT2D eigenvalue weighted by Gasteiger charge is 2.27. The zero-order valence-electron chi connectivity index (χ0n) is 15.6. The molecule has 1 N–H and O–H groups in total. The van der Waals surface area contributed by atoms with E-state index < -0.39 is 0 Å². The van der Waals surface area contributed by atoms with Crippen LogP contribution < -0.4 is 10.1 Å². The van der Waals surface area contributed by atoms with E-state index in [-0.39, 0.29) is 18.6 Å². The lowest BCUT2D eigenvalue weighted by molar-refractivity contribution is -0.127. The predicted molar refractivity (Wildman–Crippen MR) is 103 cm³/mol. The summed E-state index contributed by atoms with van der Waals surface area (Å²) >= 11 is 6.17. The van der Waals surface area contributed by atoms with Gasteiger partial charge in [0.1, 0.15) is 18.4 Å². The van der Waals surface area contributed by atoms with Gasteiger partial charge in [0.25, 0.3) is 0 Å². The first-order valence-corrected chi connectivity index (χ1v) is 9.02. The fraction of sp³-hybridized carbons (Fsp3) is 0.556. The molecule has 0 saturated carbocycles. The van der Waals surface area contributed by atoms with Crippen molar-refractivity contribution in [3.63, 3.8) is 0 Å². The molecule has 8 heteroatoms. The minimum absolute atomic E-state index is 0.0221. The second kappa shape index (κ2) is 10.2. The molecule has 0 aliphatic carbocycles. The molecule has 1 aliphatic rings. The van der Waals surface area contributed by atoms with Crippen LogP contribution in [0.25, 0.3) is 0 Å². The van der Waals surface area contributed by atoms with Gasteiger partial charge in [-0.05, 0) is 12.1 Å². The molecule has 0 radical (unpaired) electrons. The predicted octanol–water partition coefficient (Wildman–Crippen LogP) is 1.47. The average Bonchev–Trinajstić information content (AvgIpc) is 3.08. The number of para-hydroxylation sites is 1. The summed E-state index contributed by atoms with van der Waals surface area (Å²) in [7, 11) is 5.09. The van der Waals surface area contributed by atoms with Crippen molar-refractivity contribution in [3.8, 4) is 5.75 Å². The van der Waals surface area contributed by atoms with E-state index in [4.69, 9.17) is 21.1 Å². The Morgan fingerprint density at radius 2 is 2.19 bits per heavy atom. The molecule has 144 valence electrons. The number of nitrogens with zero attached hydrogens (tertiary/aromatic N) is 3. The van der Waals surface area contributed by atoms with Crippen LogP contribution in [-0.4, -0.2) is 81.8 Å². The topological polar surface area (TPSA) is 66.4 Å². The molecule has 0 aromatic heterocycles. The number of likely N-dealkylation sites (tertiary alicyclic amines) is 1. The van der Waals surface area contributed by atoms with Crippen molar-refractivity contribution in [1.82, 2.24) is 15.1 Å². The monoisotopic (exact) mass is 382 g/mol. The van der Waals surface area contributed by atoms with E-state index in [1.165, 1.54) is 4.90 Å². The van der Waals surface area contributed by atoms with Crippen molar-refractivity contribution in [2.45, 2.75) is 12.5 Å². The fourth-order valence-electron chi connectivity index (χ4n) is 2.55. The van der Waals surface area contributed by atoms with Gasteiger partial charge in [-0.3, -0.25) is 4.79 Å². The minimum atomic E-state index is -0.0425. The second-order valence-corrected chi connectivity index (χ2v) is 6.66. The van der Waals surface area contributed by atoms with Crippen molar-refractivity contribution in [1.29, 1.82) is 0 Å². The fourth-order valence-corrected chi connectivity index (χ4v) is 2.73. The number of hydrogen-bond acceptors (Lipinski definition) is 4. The smallest absolute Gasteiger partial charge is 0.243 e. The van der Waals surface area contributed by atoms with Crippen LogP contribution in [0.5, 0.6) is 5.75 Å². The molecule has 1 saturated heterocycles. The SMILES string of the molecule is COCCNC(=NCC(=O)N(C)C)N1CCC(Oc2ccccc2Cl)C1. The summed E-state index contributed by atoms with van der Waals surface area (Å²) < 4.78 is 11.1. The summed E-state index contributed by atoms with van der Waals surface area (Å²) in [5, 5.41) is 3.86. The van der Waals surface area contributed by atoms with Crippen molar-refractivity contribution in [2.24, 2.45) is 4.99 Å². The molecule has 1 atom stereocenters.